The third kappa shape index (κ3) is 3.16. The van der Waals surface area contributed by atoms with Crippen LogP contribution in [-0.4, -0.2) is 38.9 Å². The first kappa shape index (κ1) is 15.7. The van der Waals surface area contributed by atoms with Crippen molar-refractivity contribution in [2.45, 2.75) is 17.7 Å². The van der Waals surface area contributed by atoms with Gasteiger partial charge in [-0.1, -0.05) is 0 Å². The van der Waals surface area contributed by atoms with Crippen molar-refractivity contribution in [3.05, 3.63) is 24.0 Å². The summed E-state index contributed by atoms with van der Waals surface area (Å²) in [6, 6.07) is 3.40. The quantitative estimate of drug-likeness (QED) is 0.663. The number of hydrogen-bond acceptors (Lipinski definition) is 5. The molecule has 2 N–H and O–H groups in total. The average Bonchev–Trinajstić information content (AvgIpc) is 2.49. The third-order valence-corrected chi connectivity index (χ3v) is 5.37. The van der Waals surface area contributed by atoms with Gasteiger partial charge < -0.3 is 10.5 Å². The number of sulfonamides is 1. The van der Waals surface area contributed by atoms with E-state index in [1.807, 2.05) is 0 Å². The van der Waals surface area contributed by atoms with Crippen LogP contribution in [0.3, 0.4) is 0 Å². The summed E-state index contributed by atoms with van der Waals surface area (Å²) in [5.41, 5.74) is 5.69. The lowest BCUT2D eigenvalue weighted by atomic mass is 10.0. The van der Waals surface area contributed by atoms with Crippen LogP contribution < -0.4 is 5.73 Å². The zero-order chi connectivity index (χ0) is 15.6. The van der Waals surface area contributed by atoms with Crippen LogP contribution in [0.15, 0.2) is 23.1 Å². The molecule has 6 nitrogen and oxygen atoms in total. The summed E-state index contributed by atoms with van der Waals surface area (Å²) >= 11 is 0. The second-order valence-corrected chi connectivity index (χ2v) is 6.82. The number of benzene rings is 1. The highest BCUT2D eigenvalue weighted by atomic mass is 32.2. The minimum absolute atomic E-state index is 0.0107. The molecule has 2 rings (SSSR count). The van der Waals surface area contributed by atoms with Crippen molar-refractivity contribution in [2.24, 2.45) is 5.92 Å². The molecule has 0 radical (unpaired) electrons. The Kier molecular flexibility index (Phi) is 4.48. The predicted molar refractivity (Wildman–Crippen MR) is 74.3 cm³/mol. The zero-order valence-corrected chi connectivity index (χ0v) is 12.4. The fourth-order valence-corrected chi connectivity index (χ4v) is 4.00. The maximum absolute atomic E-state index is 13.8. The van der Waals surface area contributed by atoms with Crippen LogP contribution in [0.1, 0.15) is 12.8 Å². The second-order valence-electron chi connectivity index (χ2n) is 4.92. The standard InChI is InChI=1S/C13H17FN2O4S/c1-20-13(17)9-3-2-6-16(8-9)21(18,19)12-7-10(15)4-5-11(12)14/h4-5,7,9H,2-3,6,8,15H2,1H3. The van der Waals surface area contributed by atoms with Crippen LogP contribution in [-0.2, 0) is 19.6 Å². The molecule has 1 aromatic rings. The Morgan fingerprint density at radius 3 is 2.86 bits per heavy atom. The number of nitrogens with zero attached hydrogens (tertiary/aromatic N) is 1. The molecular weight excluding hydrogens is 299 g/mol. The number of piperidine rings is 1. The highest BCUT2D eigenvalue weighted by Crippen LogP contribution is 2.27. The number of methoxy groups -OCH3 is 1. The lowest BCUT2D eigenvalue weighted by Gasteiger charge is -2.30. The molecule has 0 bridgehead atoms. The Balaban J connectivity index is 2.31. The first-order valence-corrected chi connectivity index (χ1v) is 7.93. The number of carbonyl (C=O) groups is 1. The monoisotopic (exact) mass is 316 g/mol. The third-order valence-electron chi connectivity index (χ3n) is 3.49. The first-order chi connectivity index (χ1) is 9.86. The van der Waals surface area contributed by atoms with Gasteiger partial charge in [-0.05, 0) is 31.0 Å². The van der Waals surface area contributed by atoms with Crippen molar-refractivity contribution >= 4 is 21.7 Å². The largest absolute Gasteiger partial charge is 0.469 e. The zero-order valence-electron chi connectivity index (χ0n) is 11.6. The summed E-state index contributed by atoms with van der Waals surface area (Å²) in [5.74, 6) is -1.84. The summed E-state index contributed by atoms with van der Waals surface area (Å²) in [7, 11) is -2.76. The number of ether oxygens (including phenoxy) is 1. The fourth-order valence-electron chi connectivity index (χ4n) is 2.38. The molecule has 21 heavy (non-hydrogen) atoms. The Morgan fingerprint density at radius 1 is 1.48 bits per heavy atom. The molecule has 0 spiro atoms. The predicted octanol–water partition coefficient (Wildman–Crippen LogP) is 0.982. The molecule has 1 saturated heterocycles. The van der Waals surface area contributed by atoms with E-state index in [0.29, 0.717) is 12.8 Å². The highest BCUT2D eigenvalue weighted by Gasteiger charge is 2.35. The van der Waals surface area contributed by atoms with Gasteiger partial charge in [-0.3, -0.25) is 4.79 Å². The molecule has 1 aromatic carbocycles. The maximum atomic E-state index is 13.8. The van der Waals surface area contributed by atoms with Crippen LogP contribution >= 0.6 is 0 Å². The average molecular weight is 316 g/mol. The van der Waals surface area contributed by atoms with Crippen LogP contribution in [0.4, 0.5) is 10.1 Å². The lowest BCUT2D eigenvalue weighted by Crippen LogP contribution is -2.42. The lowest BCUT2D eigenvalue weighted by molar-refractivity contribution is -0.146. The smallest absolute Gasteiger partial charge is 0.309 e. The number of rotatable bonds is 3. The molecule has 1 fully saturated rings. The number of esters is 1. The SMILES string of the molecule is COC(=O)C1CCCN(S(=O)(=O)c2cc(N)ccc2F)C1. The molecule has 1 aliphatic rings. The van der Waals surface area contributed by atoms with E-state index in [0.717, 1.165) is 16.4 Å². The summed E-state index contributed by atoms with van der Waals surface area (Å²) < 4.78 is 44.5. The summed E-state index contributed by atoms with van der Waals surface area (Å²) in [6.45, 7) is 0.229. The normalized spacial score (nSPS) is 20.2. The van der Waals surface area contributed by atoms with Gasteiger partial charge in [0.15, 0.2) is 0 Å². The molecule has 1 heterocycles. The van der Waals surface area contributed by atoms with Gasteiger partial charge in [0.05, 0.1) is 13.0 Å². The van der Waals surface area contributed by atoms with Gasteiger partial charge in [0.25, 0.3) is 0 Å². The van der Waals surface area contributed by atoms with Gasteiger partial charge in [-0.2, -0.15) is 4.31 Å². The molecule has 0 aliphatic carbocycles. The molecule has 1 unspecified atom stereocenters. The second kappa shape index (κ2) is 5.98. The van der Waals surface area contributed by atoms with Gasteiger partial charge in [0, 0.05) is 18.8 Å². The van der Waals surface area contributed by atoms with E-state index in [1.54, 1.807) is 0 Å². The number of nitrogens with two attached hydrogens (primary N) is 1. The van der Waals surface area contributed by atoms with E-state index in [-0.39, 0.29) is 18.8 Å². The summed E-state index contributed by atoms with van der Waals surface area (Å²) in [4.78, 5) is 11.1. The molecule has 0 amide bonds. The first-order valence-electron chi connectivity index (χ1n) is 6.49. The molecule has 0 saturated carbocycles. The summed E-state index contributed by atoms with van der Waals surface area (Å²) in [6.07, 6.45) is 1.07. The minimum Gasteiger partial charge on any atom is -0.469 e. The Labute approximate surface area is 122 Å². The highest BCUT2D eigenvalue weighted by molar-refractivity contribution is 7.89. The molecule has 0 aromatic heterocycles. The van der Waals surface area contributed by atoms with Gasteiger partial charge >= 0.3 is 5.97 Å². The molecule has 1 atom stereocenters. The number of carbonyl (C=O) groups excluding carboxylic acids is 1. The Morgan fingerprint density at radius 2 is 2.19 bits per heavy atom. The van der Waals surface area contributed by atoms with Gasteiger partial charge in [0.2, 0.25) is 10.0 Å². The van der Waals surface area contributed by atoms with E-state index in [4.69, 9.17) is 5.73 Å². The summed E-state index contributed by atoms with van der Waals surface area (Å²) in [5, 5.41) is 0. The van der Waals surface area contributed by atoms with Crippen molar-refractivity contribution in [2.75, 3.05) is 25.9 Å². The van der Waals surface area contributed by atoms with Gasteiger partial charge in [-0.25, -0.2) is 12.8 Å². The van der Waals surface area contributed by atoms with Crippen LogP contribution in [0, 0.1) is 11.7 Å². The van der Waals surface area contributed by atoms with Crippen LogP contribution in [0.2, 0.25) is 0 Å². The topological polar surface area (TPSA) is 89.7 Å². The van der Waals surface area contributed by atoms with Crippen molar-refractivity contribution in [3.63, 3.8) is 0 Å². The van der Waals surface area contributed by atoms with E-state index in [9.17, 15) is 17.6 Å². The van der Waals surface area contributed by atoms with Gasteiger partial charge in [-0.15, -0.1) is 0 Å². The minimum atomic E-state index is -4.02. The number of nitrogen functional groups attached to an aromatic ring is 1. The van der Waals surface area contributed by atoms with E-state index in [1.165, 1.54) is 13.2 Å². The van der Waals surface area contributed by atoms with Crippen molar-refractivity contribution in [3.8, 4) is 0 Å². The Bertz CT molecular complexity index is 648. The van der Waals surface area contributed by atoms with Gasteiger partial charge in [0.1, 0.15) is 10.7 Å². The maximum Gasteiger partial charge on any atom is 0.309 e. The molecular formula is C13H17FN2O4S. The molecule has 1 aliphatic heterocycles. The van der Waals surface area contributed by atoms with Crippen molar-refractivity contribution in [1.82, 2.24) is 4.31 Å². The van der Waals surface area contributed by atoms with Crippen molar-refractivity contribution in [1.29, 1.82) is 0 Å². The van der Waals surface area contributed by atoms with Crippen molar-refractivity contribution < 1.29 is 22.3 Å². The van der Waals surface area contributed by atoms with E-state index >= 15 is 0 Å². The fraction of sp³-hybridized carbons (Fsp3) is 0.462. The number of hydrogen-bond donors (Lipinski definition) is 1. The number of anilines is 1. The van der Waals surface area contributed by atoms with Crippen LogP contribution in [0.5, 0.6) is 0 Å². The van der Waals surface area contributed by atoms with E-state index < -0.39 is 32.6 Å². The van der Waals surface area contributed by atoms with Crippen LogP contribution in [0.25, 0.3) is 0 Å². The molecule has 8 heteroatoms. The molecule has 116 valence electrons. The number of halogens is 1. The Hall–Kier alpha value is -1.67. The van der Waals surface area contributed by atoms with E-state index in [2.05, 4.69) is 4.74 Å².